The maximum Gasteiger partial charge on any atom is 0.317 e. The number of ether oxygens (including phenoxy) is 1. The predicted octanol–water partition coefficient (Wildman–Crippen LogP) is 1.53. The Balaban J connectivity index is 1.53. The van der Waals surface area contributed by atoms with Crippen LogP contribution in [0.15, 0.2) is 24.3 Å². The topological polar surface area (TPSA) is 79.0 Å². The van der Waals surface area contributed by atoms with Crippen molar-refractivity contribution in [3.8, 4) is 0 Å². The third-order valence-corrected chi connectivity index (χ3v) is 4.89. The molecule has 0 aromatic heterocycles. The van der Waals surface area contributed by atoms with Gasteiger partial charge in [-0.15, -0.1) is 0 Å². The second kappa shape index (κ2) is 7.72. The molecule has 1 atom stereocenters. The van der Waals surface area contributed by atoms with Gasteiger partial charge in [-0.25, -0.2) is 9.18 Å². The van der Waals surface area contributed by atoms with Gasteiger partial charge in [-0.3, -0.25) is 9.59 Å². The second-order valence-corrected chi connectivity index (χ2v) is 6.62. The van der Waals surface area contributed by atoms with Crippen LogP contribution in [0.25, 0.3) is 0 Å². The smallest absolute Gasteiger partial charge is 0.317 e. The van der Waals surface area contributed by atoms with Gasteiger partial charge in [-0.05, 0) is 31.0 Å². The fourth-order valence-electron chi connectivity index (χ4n) is 3.45. The highest BCUT2D eigenvalue weighted by atomic mass is 19.1. The zero-order chi connectivity index (χ0) is 18.7. The molecule has 140 valence electrons. The minimum atomic E-state index is -0.406. The van der Waals surface area contributed by atoms with E-state index < -0.39 is 5.82 Å². The summed E-state index contributed by atoms with van der Waals surface area (Å²) < 4.78 is 18.1. The van der Waals surface area contributed by atoms with E-state index in [1.807, 2.05) is 0 Å². The summed E-state index contributed by atoms with van der Waals surface area (Å²) in [5.74, 6) is -0.959. The maximum atomic E-state index is 13.4. The lowest BCUT2D eigenvalue weighted by atomic mass is 9.97. The first-order valence-electron chi connectivity index (χ1n) is 8.67. The molecule has 2 aliphatic heterocycles. The third-order valence-electron chi connectivity index (χ3n) is 4.89. The Morgan fingerprint density at radius 3 is 2.65 bits per heavy atom. The zero-order valence-electron chi connectivity index (χ0n) is 14.6. The summed E-state index contributed by atoms with van der Waals surface area (Å²) in [7, 11) is 1.36. The third kappa shape index (κ3) is 3.95. The quantitative estimate of drug-likeness (QED) is 0.826. The molecule has 0 bridgehead atoms. The van der Waals surface area contributed by atoms with Crippen molar-refractivity contribution in [3.63, 3.8) is 0 Å². The van der Waals surface area contributed by atoms with Crippen LogP contribution >= 0.6 is 0 Å². The first-order chi connectivity index (χ1) is 12.5. The van der Waals surface area contributed by atoms with E-state index in [4.69, 9.17) is 4.74 Å². The average molecular weight is 363 g/mol. The Kier molecular flexibility index (Phi) is 5.39. The van der Waals surface area contributed by atoms with Crippen molar-refractivity contribution in [2.75, 3.05) is 31.6 Å². The van der Waals surface area contributed by atoms with Crippen LogP contribution in [-0.2, 0) is 14.3 Å². The van der Waals surface area contributed by atoms with Gasteiger partial charge < -0.3 is 19.9 Å². The summed E-state index contributed by atoms with van der Waals surface area (Å²) in [5, 5.41) is 2.87. The second-order valence-electron chi connectivity index (χ2n) is 6.62. The highest BCUT2D eigenvalue weighted by Gasteiger charge is 2.34. The van der Waals surface area contributed by atoms with Crippen molar-refractivity contribution in [2.24, 2.45) is 5.92 Å². The van der Waals surface area contributed by atoms with Gasteiger partial charge in [0.1, 0.15) is 5.82 Å². The van der Waals surface area contributed by atoms with Gasteiger partial charge in [-0.2, -0.15) is 0 Å². The van der Waals surface area contributed by atoms with Gasteiger partial charge in [0.15, 0.2) is 0 Å². The van der Waals surface area contributed by atoms with Gasteiger partial charge in [0.25, 0.3) is 0 Å². The summed E-state index contributed by atoms with van der Waals surface area (Å²) in [4.78, 5) is 39.3. The average Bonchev–Trinajstić information content (AvgIpc) is 3.01. The van der Waals surface area contributed by atoms with E-state index >= 15 is 0 Å². The monoisotopic (exact) mass is 363 g/mol. The van der Waals surface area contributed by atoms with Gasteiger partial charge in [0, 0.05) is 31.7 Å². The normalized spacial score (nSPS) is 21.0. The maximum absolute atomic E-state index is 13.4. The summed E-state index contributed by atoms with van der Waals surface area (Å²) in [6, 6.07) is 5.28. The number of urea groups is 1. The SMILES string of the molecule is COC(=O)C1CCN(C(=O)N[C@@H]2CC(=O)N(c3cccc(F)c3)C2)CC1. The van der Waals surface area contributed by atoms with Crippen molar-refractivity contribution >= 4 is 23.6 Å². The molecule has 0 radical (unpaired) electrons. The van der Waals surface area contributed by atoms with Crippen LogP contribution in [0.3, 0.4) is 0 Å². The number of piperidine rings is 1. The van der Waals surface area contributed by atoms with Gasteiger partial charge in [-0.1, -0.05) is 6.07 Å². The molecule has 1 aromatic rings. The van der Waals surface area contributed by atoms with Crippen LogP contribution in [0.5, 0.6) is 0 Å². The molecular weight excluding hydrogens is 341 g/mol. The molecule has 1 aromatic carbocycles. The largest absolute Gasteiger partial charge is 0.469 e. The van der Waals surface area contributed by atoms with Crippen molar-refractivity contribution < 1.29 is 23.5 Å². The van der Waals surface area contributed by atoms with Crippen LogP contribution in [0.4, 0.5) is 14.9 Å². The van der Waals surface area contributed by atoms with Crippen molar-refractivity contribution in [3.05, 3.63) is 30.1 Å². The van der Waals surface area contributed by atoms with Crippen LogP contribution in [0, 0.1) is 11.7 Å². The Bertz CT molecular complexity index is 703. The Morgan fingerprint density at radius 2 is 2.00 bits per heavy atom. The lowest BCUT2D eigenvalue weighted by Crippen LogP contribution is -2.49. The van der Waals surface area contributed by atoms with E-state index in [1.165, 1.54) is 24.1 Å². The van der Waals surface area contributed by atoms with Gasteiger partial charge in [0.05, 0.1) is 19.1 Å². The van der Waals surface area contributed by atoms with E-state index in [9.17, 15) is 18.8 Å². The molecule has 26 heavy (non-hydrogen) atoms. The first-order valence-corrected chi connectivity index (χ1v) is 8.67. The minimum absolute atomic E-state index is 0.148. The fourth-order valence-corrected chi connectivity index (χ4v) is 3.45. The molecule has 8 heteroatoms. The number of hydrogen-bond donors (Lipinski definition) is 1. The van der Waals surface area contributed by atoms with E-state index in [0.29, 0.717) is 38.2 Å². The predicted molar refractivity (Wildman–Crippen MR) is 92.0 cm³/mol. The number of esters is 1. The number of hydrogen-bond acceptors (Lipinski definition) is 4. The van der Waals surface area contributed by atoms with Gasteiger partial charge in [0.2, 0.25) is 5.91 Å². The molecule has 7 nitrogen and oxygen atoms in total. The fraction of sp³-hybridized carbons (Fsp3) is 0.500. The summed E-state index contributed by atoms with van der Waals surface area (Å²) in [5.41, 5.74) is 0.491. The van der Waals surface area contributed by atoms with E-state index in [0.717, 1.165) is 0 Å². The number of anilines is 1. The Labute approximate surface area is 151 Å². The molecule has 2 heterocycles. The molecule has 2 saturated heterocycles. The highest BCUT2D eigenvalue weighted by Crippen LogP contribution is 2.23. The number of amides is 3. The standard InChI is InChI=1S/C18H22FN3O4/c1-26-17(24)12-5-7-21(8-6-12)18(25)20-14-10-16(23)22(11-14)15-4-2-3-13(19)9-15/h2-4,9,12,14H,5-8,10-11H2,1H3,(H,20,25)/t14-/m1/s1. The molecule has 1 N–H and O–H groups in total. The molecular formula is C18H22FN3O4. The first kappa shape index (κ1) is 18.2. The van der Waals surface area contributed by atoms with Crippen molar-refractivity contribution in [1.29, 1.82) is 0 Å². The summed E-state index contributed by atoms with van der Waals surface area (Å²) in [6.45, 7) is 1.26. The molecule has 3 amide bonds. The lowest BCUT2D eigenvalue weighted by molar-refractivity contribution is -0.146. The number of benzene rings is 1. The Hall–Kier alpha value is -2.64. The number of methoxy groups -OCH3 is 1. The van der Waals surface area contributed by atoms with Crippen LogP contribution in [-0.4, -0.2) is 55.6 Å². The molecule has 2 fully saturated rings. The number of carbonyl (C=O) groups excluding carboxylic acids is 3. The Morgan fingerprint density at radius 1 is 1.27 bits per heavy atom. The minimum Gasteiger partial charge on any atom is -0.469 e. The van der Waals surface area contributed by atoms with Gasteiger partial charge >= 0.3 is 12.0 Å². The van der Waals surface area contributed by atoms with Crippen LogP contribution in [0.2, 0.25) is 0 Å². The van der Waals surface area contributed by atoms with Crippen molar-refractivity contribution in [2.45, 2.75) is 25.3 Å². The molecule has 0 spiro atoms. The number of halogens is 1. The number of carbonyl (C=O) groups is 3. The number of nitrogens with one attached hydrogen (secondary N) is 1. The molecule has 0 unspecified atom stereocenters. The zero-order valence-corrected chi connectivity index (χ0v) is 14.6. The number of likely N-dealkylation sites (tertiary alicyclic amines) is 1. The number of rotatable bonds is 3. The van der Waals surface area contributed by atoms with E-state index in [1.54, 1.807) is 17.0 Å². The van der Waals surface area contributed by atoms with Crippen molar-refractivity contribution in [1.82, 2.24) is 10.2 Å². The van der Waals surface area contributed by atoms with Crippen LogP contribution < -0.4 is 10.2 Å². The summed E-state index contributed by atoms with van der Waals surface area (Å²) in [6.07, 6.45) is 1.32. The molecule has 3 rings (SSSR count). The molecule has 0 saturated carbocycles. The van der Waals surface area contributed by atoms with E-state index in [2.05, 4.69) is 5.32 Å². The highest BCUT2D eigenvalue weighted by molar-refractivity contribution is 5.96. The summed E-state index contributed by atoms with van der Waals surface area (Å²) >= 11 is 0. The lowest BCUT2D eigenvalue weighted by Gasteiger charge is -2.31. The van der Waals surface area contributed by atoms with Crippen LogP contribution in [0.1, 0.15) is 19.3 Å². The molecule has 0 aliphatic carbocycles. The molecule has 2 aliphatic rings. The van der Waals surface area contributed by atoms with E-state index in [-0.39, 0.29) is 36.3 Å². The number of nitrogens with zero attached hydrogens (tertiary/aromatic N) is 2.